The van der Waals surface area contributed by atoms with Crippen molar-refractivity contribution in [3.05, 3.63) is 40.0 Å². The van der Waals surface area contributed by atoms with E-state index in [0.717, 1.165) is 0 Å². The highest BCUT2D eigenvalue weighted by atomic mass is 79.9. The SMILES string of the molecule is COc1nc(Oc2cccc(C(=O)O)c2C)ncc1Br. The van der Waals surface area contributed by atoms with Crippen molar-refractivity contribution in [3.63, 3.8) is 0 Å². The van der Waals surface area contributed by atoms with E-state index in [1.165, 1.54) is 19.4 Å². The first-order chi connectivity index (χ1) is 9.52. The minimum atomic E-state index is -1.01. The third-order valence-corrected chi connectivity index (χ3v) is 3.14. The third-order valence-electron chi connectivity index (χ3n) is 2.60. The van der Waals surface area contributed by atoms with Crippen molar-refractivity contribution in [2.45, 2.75) is 6.92 Å². The molecule has 0 radical (unpaired) electrons. The van der Waals surface area contributed by atoms with Crippen LogP contribution in [0.3, 0.4) is 0 Å². The van der Waals surface area contributed by atoms with Gasteiger partial charge < -0.3 is 14.6 Å². The Bertz CT molecular complexity index is 661. The van der Waals surface area contributed by atoms with Crippen LogP contribution in [0, 0.1) is 6.92 Å². The highest BCUT2D eigenvalue weighted by molar-refractivity contribution is 9.10. The molecule has 1 aromatic heterocycles. The summed E-state index contributed by atoms with van der Waals surface area (Å²) in [7, 11) is 1.48. The van der Waals surface area contributed by atoms with Crippen molar-refractivity contribution in [1.82, 2.24) is 9.97 Å². The Morgan fingerprint density at radius 1 is 1.40 bits per heavy atom. The van der Waals surface area contributed by atoms with E-state index in [2.05, 4.69) is 25.9 Å². The first kappa shape index (κ1) is 14.3. The first-order valence-electron chi connectivity index (χ1n) is 5.60. The molecule has 0 aliphatic heterocycles. The number of carboxylic acid groups (broad SMARTS) is 1. The van der Waals surface area contributed by atoms with Gasteiger partial charge in [0.1, 0.15) is 5.75 Å². The summed E-state index contributed by atoms with van der Waals surface area (Å²) in [5.41, 5.74) is 0.678. The molecule has 0 atom stereocenters. The smallest absolute Gasteiger partial charge is 0.336 e. The van der Waals surface area contributed by atoms with Gasteiger partial charge in [0.2, 0.25) is 5.88 Å². The lowest BCUT2D eigenvalue weighted by Gasteiger charge is -2.10. The number of carboxylic acids is 1. The molecule has 104 valence electrons. The molecule has 20 heavy (non-hydrogen) atoms. The molecule has 1 aromatic carbocycles. The summed E-state index contributed by atoms with van der Waals surface area (Å²) in [4.78, 5) is 19.1. The monoisotopic (exact) mass is 338 g/mol. The second-order valence-corrected chi connectivity index (χ2v) is 4.70. The van der Waals surface area contributed by atoms with Crippen LogP contribution in [0.1, 0.15) is 15.9 Å². The molecule has 0 unspecified atom stereocenters. The number of halogens is 1. The van der Waals surface area contributed by atoms with Gasteiger partial charge in [0, 0.05) is 5.56 Å². The molecule has 2 rings (SSSR count). The van der Waals surface area contributed by atoms with Crippen LogP contribution in [0.2, 0.25) is 0 Å². The van der Waals surface area contributed by atoms with Gasteiger partial charge in [-0.05, 0) is 35.0 Å². The number of aromatic nitrogens is 2. The number of hydrogen-bond acceptors (Lipinski definition) is 5. The maximum atomic E-state index is 11.1. The minimum Gasteiger partial charge on any atom is -0.480 e. The summed E-state index contributed by atoms with van der Waals surface area (Å²) in [5, 5.41) is 9.06. The van der Waals surface area contributed by atoms with E-state index in [4.69, 9.17) is 14.6 Å². The number of hydrogen-bond donors (Lipinski definition) is 1. The van der Waals surface area contributed by atoms with E-state index in [9.17, 15) is 4.79 Å². The normalized spacial score (nSPS) is 10.2. The highest BCUT2D eigenvalue weighted by Crippen LogP contribution is 2.28. The number of carbonyl (C=O) groups is 1. The van der Waals surface area contributed by atoms with Gasteiger partial charge in [-0.2, -0.15) is 4.98 Å². The zero-order valence-electron chi connectivity index (χ0n) is 10.8. The van der Waals surface area contributed by atoms with Gasteiger partial charge in [0.15, 0.2) is 0 Å². The highest BCUT2D eigenvalue weighted by Gasteiger charge is 2.13. The number of nitrogens with zero attached hydrogens (tertiary/aromatic N) is 2. The standard InChI is InChI=1S/C13H11BrN2O4/c1-7-8(12(17)18)4-3-5-10(7)20-13-15-6-9(14)11(16-13)19-2/h3-6H,1-2H3,(H,17,18). The molecule has 6 nitrogen and oxygen atoms in total. The number of ether oxygens (including phenoxy) is 2. The van der Waals surface area contributed by atoms with Crippen molar-refractivity contribution in [3.8, 4) is 17.6 Å². The molecule has 0 saturated heterocycles. The Morgan fingerprint density at radius 2 is 2.15 bits per heavy atom. The van der Waals surface area contributed by atoms with Crippen LogP contribution in [-0.2, 0) is 0 Å². The average Bonchev–Trinajstić information content (AvgIpc) is 2.42. The van der Waals surface area contributed by atoms with Crippen LogP contribution < -0.4 is 9.47 Å². The third kappa shape index (κ3) is 2.88. The van der Waals surface area contributed by atoms with Gasteiger partial charge in [-0.15, -0.1) is 0 Å². The molecule has 7 heteroatoms. The molecular formula is C13H11BrN2O4. The number of benzene rings is 1. The van der Waals surface area contributed by atoms with E-state index in [1.807, 2.05) is 0 Å². The minimum absolute atomic E-state index is 0.0793. The molecule has 0 aliphatic rings. The fourth-order valence-corrected chi connectivity index (χ4v) is 1.94. The molecule has 1 N–H and O–H groups in total. The topological polar surface area (TPSA) is 81.5 Å². The van der Waals surface area contributed by atoms with Gasteiger partial charge >= 0.3 is 12.0 Å². The molecule has 0 amide bonds. The van der Waals surface area contributed by atoms with Crippen LogP contribution in [0.4, 0.5) is 0 Å². The lowest BCUT2D eigenvalue weighted by Crippen LogP contribution is -2.02. The quantitative estimate of drug-likeness (QED) is 0.922. The zero-order valence-corrected chi connectivity index (χ0v) is 12.3. The van der Waals surface area contributed by atoms with Gasteiger partial charge in [0.25, 0.3) is 0 Å². The average molecular weight is 339 g/mol. The number of methoxy groups -OCH3 is 1. The van der Waals surface area contributed by atoms with Gasteiger partial charge in [0.05, 0.1) is 23.3 Å². The summed E-state index contributed by atoms with van der Waals surface area (Å²) in [6.45, 7) is 1.66. The second kappa shape index (κ2) is 5.87. The lowest BCUT2D eigenvalue weighted by atomic mass is 10.1. The van der Waals surface area contributed by atoms with Crippen molar-refractivity contribution in [1.29, 1.82) is 0 Å². The Labute approximate surface area is 123 Å². The fraction of sp³-hybridized carbons (Fsp3) is 0.154. The largest absolute Gasteiger partial charge is 0.480 e. The van der Waals surface area contributed by atoms with E-state index in [-0.39, 0.29) is 11.6 Å². The Kier molecular flexibility index (Phi) is 4.19. The zero-order chi connectivity index (χ0) is 14.7. The van der Waals surface area contributed by atoms with Crippen LogP contribution in [0.15, 0.2) is 28.9 Å². The van der Waals surface area contributed by atoms with Crippen LogP contribution in [-0.4, -0.2) is 28.2 Å². The molecule has 0 saturated carbocycles. The summed E-state index contributed by atoms with van der Waals surface area (Å²) < 4.78 is 11.2. The van der Waals surface area contributed by atoms with Gasteiger partial charge in [-0.1, -0.05) is 6.07 Å². The van der Waals surface area contributed by atoms with Crippen LogP contribution in [0.25, 0.3) is 0 Å². The van der Waals surface area contributed by atoms with Crippen molar-refractivity contribution >= 4 is 21.9 Å². The summed E-state index contributed by atoms with van der Waals surface area (Å²) >= 11 is 3.24. The maximum absolute atomic E-state index is 11.1. The Morgan fingerprint density at radius 3 is 2.80 bits per heavy atom. The molecular weight excluding hydrogens is 328 g/mol. The molecule has 1 heterocycles. The summed E-state index contributed by atoms with van der Waals surface area (Å²) in [6, 6.07) is 4.84. The second-order valence-electron chi connectivity index (χ2n) is 3.85. The van der Waals surface area contributed by atoms with E-state index in [1.54, 1.807) is 19.1 Å². The van der Waals surface area contributed by atoms with Gasteiger partial charge in [-0.25, -0.2) is 9.78 Å². The lowest BCUT2D eigenvalue weighted by molar-refractivity contribution is 0.0695. The molecule has 0 aliphatic carbocycles. The first-order valence-corrected chi connectivity index (χ1v) is 6.39. The predicted octanol–water partition coefficient (Wildman–Crippen LogP) is 3.05. The maximum Gasteiger partial charge on any atom is 0.336 e. The van der Waals surface area contributed by atoms with Crippen molar-refractivity contribution in [2.24, 2.45) is 0 Å². The van der Waals surface area contributed by atoms with Crippen LogP contribution in [0.5, 0.6) is 17.6 Å². The van der Waals surface area contributed by atoms with Crippen LogP contribution >= 0.6 is 15.9 Å². The molecule has 0 fully saturated rings. The Balaban J connectivity index is 2.35. The molecule has 2 aromatic rings. The van der Waals surface area contributed by atoms with Gasteiger partial charge in [-0.3, -0.25) is 0 Å². The van der Waals surface area contributed by atoms with E-state index < -0.39 is 5.97 Å². The molecule has 0 bridgehead atoms. The predicted molar refractivity (Wildman–Crippen MR) is 74.5 cm³/mol. The fourth-order valence-electron chi connectivity index (χ4n) is 1.58. The van der Waals surface area contributed by atoms with Crippen molar-refractivity contribution < 1.29 is 19.4 Å². The van der Waals surface area contributed by atoms with Crippen molar-refractivity contribution in [2.75, 3.05) is 7.11 Å². The number of rotatable bonds is 4. The summed E-state index contributed by atoms with van der Waals surface area (Å²) in [6.07, 6.45) is 1.50. The van der Waals surface area contributed by atoms with E-state index >= 15 is 0 Å². The number of aromatic carboxylic acids is 1. The molecule has 0 spiro atoms. The van der Waals surface area contributed by atoms with E-state index in [0.29, 0.717) is 21.7 Å². The Hall–Kier alpha value is -2.15. The summed E-state index contributed by atoms with van der Waals surface area (Å²) in [5.74, 6) is -0.293.